The number of benzene rings is 1. The highest BCUT2D eigenvalue weighted by molar-refractivity contribution is 5.36. The molecular weight excluding hydrogens is 233 g/mol. The summed E-state index contributed by atoms with van der Waals surface area (Å²) in [6.45, 7) is 0.767. The third-order valence-corrected chi connectivity index (χ3v) is 3.49. The summed E-state index contributed by atoms with van der Waals surface area (Å²) in [5, 5.41) is 10.1. The van der Waals surface area contributed by atoms with Crippen LogP contribution in [0.1, 0.15) is 30.9 Å². The van der Waals surface area contributed by atoms with Gasteiger partial charge < -0.3 is 14.7 Å². The van der Waals surface area contributed by atoms with E-state index < -0.39 is 11.9 Å². The molecule has 1 aliphatic rings. The Morgan fingerprint density at radius 2 is 2.22 bits per heavy atom. The second-order valence-electron chi connectivity index (χ2n) is 4.87. The molecule has 1 unspecified atom stereocenters. The van der Waals surface area contributed by atoms with Crippen molar-refractivity contribution in [1.82, 2.24) is 4.90 Å². The first-order chi connectivity index (χ1) is 8.63. The minimum atomic E-state index is -0.817. The predicted molar refractivity (Wildman–Crippen MR) is 68.2 cm³/mol. The molecule has 1 aliphatic carbocycles. The highest BCUT2D eigenvalue weighted by atomic mass is 19.1. The second kappa shape index (κ2) is 5.67. The summed E-state index contributed by atoms with van der Waals surface area (Å²) < 4.78 is 18.8. The number of aliphatic hydroxyl groups is 1. The Kier molecular flexibility index (Phi) is 4.19. The maximum atomic E-state index is 13.7. The van der Waals surface area contributed by atoms with E-state index in [0.29, 0.717) is 18.2 Å². The quantitative estimate of drug-likeness (QED) is 0.844. The molecule has 4 heteroatoms. The number of methoxy groups -OCH3 is 1. The van der Waals surface area contributed by atoms with Crippen LogP contribution in [0.25, 0.3) is 0 Å². The second-order valence-corrected chi connectivity index (χ2v) is 4.87. The van der Waals surface area contributed by atoms with Crippen molar-refractivity contribution in [2.75, 3.05) is 20.7 Å². The minimum absolute atomic E-state index is 0.268. The summed E-state index contributed by atoms with van der Waals surface area (Å²) in [6.07, 6.45) is 2.16. The van der Waals surface area contributed by atoms with Gasteiger partial charge in [0.25, 0.3) is 0 Å². The van der Waals surface area contributed by atoms with Crippen LogP contribution in [0, 0.1) is 5.82 Å². The first-order valence-electron chi connectivity index (χ1n) is 6.34. The average Bonchev–Trinajstić information content (AvgIpc) is 3.19. The fraction of sp³-hybridized carbons (Fsp3) is 0.571. The first-order valence-corrected chi connectivity index (χ1v) is 6.34. The number of hydrogen-bond donors (Lipinski definition) is 1. The van der Waals surface area contributed by atoms with Crippen LogP contribution < -0.4 is 4.74 Å². The van der Waals surface area contributed by atoms with Gasteiger partial charge in [-0.05, 0) is 38.4 Å². The first kappa shape index (κ1) is 13.3. The molecule has 0 bridgehead atoms. The molecule has 0 heterocycles. The van der Waals surface area contributed by atoms with E-state index in [1.54, 1.807) is 12.1 Å². The van der Waals surface area contributed by atoms with Gasteiger partial charge in [-0.15, -0.1) is 0 Å². The molecule has 2 rings (SSSR count). The smallest absolute Gasteiger partial charge is 0.132 e. The normalized spacial score (nSPS) is 16.9. The molecule has 0 amide bonds. The lowest BCUT2D eigenvalue weighted by molar-refractivity contribution is 0.140. The summed E-state index contributed by atoms with van der Waals surface area (Å²) in [5.74, 6) is 0.00694. The Labute approximate surface area is 107 Å². The van der Waals surface area contributed by atoms with Gasteiger partial charge in [0.1, 0.15) is 11.6 Å². The van der Waals surface area contributed by atoms with E-state index in [1.807, 2.05) is 7.05 Å². The van der Waals surface area contributed by atoms with E-state index in [2.05, 4.69) is 4.90 Å². The SMILES string of the molecule is COc1cccc(F)c1C(O)CCN(C)C1CC1. The van der Waals surface area contributed by atoms with E-state index in [-0.39, 0.29) is 5.56 Å². The lowest BCUT2D eigenvalue weighted by atomic mass is 10.0. The van der Waals surface area contributed by atoms with Gasteiger partial charge in [-0.2, -0.15) is 0 Å². The maximum Gasteiger partial charge on any atom is 0.132 e. The van der Waals surface area contributed by atoms with Crippen LogP contribution in [0.15, 0.2) is 18.2 Å². The zero-order valence-corrected chi connectivity index (χ0v) is 10.9. The fourth-order valence-electron chi connectivity index (χ4n) is 2.19. The van der Waals surface area contributed by atoms with Crippen molar-refractivity contribution in [2.24, 2.45) is 0 Å². The van der Waals surface area contributed by atoms with Gasteiger partial charge in [0.15, 0.2) is 0 Å². The molecule has 1 atom stereocenters. The molecule has 1 aromatic rings. The Morgan fingerprint density at radius 1 is 1.50 bits per heavy atom. The number of rotatable bonds is 6. The number of aliphatic hydroxyl groups excluding tert-OH is 1. The van der Waals surface area contributed by atoms with Gasteiger partial charge >= 0.3 is 0 Å². The molecule has 0 radical (unpaired) electrons. The molecule has 0 aromatic heterocycles. The lowest BCUT2D eigenvalue weighted by Crippen LogP contribution is -2.23. The lowest BCUT2D eigenvalue weighted by Gasteiger charge is -2.20. The molecule has 18 heavy (non-hydrogen) atoms. The van der Waals surface area contributed by atoms with Gasteiger partial charge in [-0.25, -0.2) is 4.39 Å². The van der Waals surface area contributed by atoms with Crippen molar-refractivity contribution in [3.63, 3.8) is 0 Å². The number of nitrogens with zero attached hydrogens (tertiary/aromatic N) is 1. The van der Waals surface area contributed by atoms with Crippen LogP contribution in [0.4, 0.5) is 4.39 Å². The Morgan fingerprint density at radius 3 is 2.83 bits per heavy atom. The molecule has 0 saturated heterocycles. The van der Waals surface area contributed by atoms with Crippen LogP contribution >= 0.6 is 0 Å². The third kappa shape index (κ3) is 3.00. The molecule has 3 nitrogen and oxygen atoms in total. The van der Waals surface area contributed by atoms with Crippen LogP contribution in [-0.4, -0.2) is 36.8 Å². The van der Waals surface area contributed by atoms with Crippen molar-refractivity contribution in [2.45, 2.75) is 31.4 Å². The maximum absolute atomic E-state index is 13.7. The summed E-state index contributed by atoms with van der Waals surface area (Å²) >= 11 is 0. The van der Waals surface area contributed by atoms with Gasteiger partial charge in [0.05, 0.1) is 18.8 Å². The van der Waals surface area contributed by atoms with E-state index in [9.17, 15) is 9.50 Å². The van der Waals surface area contributed by atoms with E-state index in [0.717, 1.165) is 6.54 Å². The standard InChI is InChI=1S/C14H20FNO2/c1-16(10-6-7-10)9-8-12(17)14-11(15)4-3-5-13(14)18-2/h3-5,10,12,17H,6-9H2,1-2H3. The number of halogens is 1. The molecule has 100 valence electrons. The van der Waals surface area contributed by atoms with Crippen molar-refractivity contribution >= 4 is 0 Å². The van der Waals surface area contributed by atoms with Crippen LogP contribution in [0.3, 0.4) is 0 Å². The Balaban J connectivity index is 2.00. The van der Waals surface area contributed by atoms with Crippen molar-refractivity contribution in [3.05, 3.63) is 29.6 Å². The van der Waals surface area contributed by atoms with Gasteiger partial charge in [-0.3, -0.25) is 0 Å². The summed E-state index contributed by atoms with van der Waals surface area (Å²) in [6, 6.07) is 5.26. The highest BCUT2D eigenvalue weighted by Gasteiger charge is 2.27. The molecule has 0 spiro atoms. The van der Waals surface area contributed by atoms with Crippen LogP contribution in [-0.2, 0) is 0 Å². The van der Waals surface area contributed by atoms with Gasteiger partial charge in [0, 0.05) is 12.6 Å². The third-order valence-electron chi connectivity index (χ3n) is 3.49. The summed E-state index contributed by atoms with van der Waals surface area (Å²) in [4.78, 5) is 2.22. The van der Waals surface area contributed by atoms with E-state index in [4.69, 9.17) is 4.74 Å². The minimum Gasteiger partial charge on any atom is -0.496 e. The van der Waals surface area contributed by atoms with E-state index in [1.165, 1.54) is 26.0 Å². The highest BCUT2D eigenvalue weighted by Crippen LogP contribution is 2.31. The Hall–Kier alpha value is -1.13. The molecular formula is C14H20FNO2. The van der Waals surface area contributed by atoms with Crippen molar-refractivity contribution in [1.29, 1.82) is 0 Å². The van der Waals surface area contributed by atoms with Gasteiger partial charge in [0.2, 0.25) is 0 Å². The van der Waals surface area contributed by atoms with E-state index >= 15 is 0 Å². The largest absolute Gasteiger partial charge is 0.496 e. The monoisotopic (exact) mass is 253 g/mol. The topological polar surface area (TPSA) is 32.7 Å². The summed E-state index contributed by atoms with van der Waals surface area (Å²) in [5.41, 5.74) is 0.268. The zero-order valence-electron chi connectivity index (χ0n) is 10.9. The van der Waals surface area contributed by atoms with Crippen LogP contribution in [0.5, 0.6) is 5.75 Å². The van der Waals surface area contributed by atoms with Crippen molar-refractivity contribution in [3.8, 4) is 5.75 Å². The van der Waals surface area contributed by atoms with Gasteiger partial charge in [-0.1, -0.05) is 6.07 Å². The Bertz CT molecular complexity index is 407. The number of ether oxygens (including phenoxy) is 1. The number of hydrogen-bond acceptors (Lipinski definition) is 3. The van der Waals surface area contributed by atoms with Crippen molar-refractivity contribution < 1.29 is 14.2 Å². The van der Waals surface area contributed by atoms with Crippen LogP contribution in [0.2, 0.25) is 0 Å². The summed E-state index contributed by atoms with van der Waals surface area (Å²) in [7, 11) is 3.53. The fourth-order valence-corrected chi connectivity index (χ4v) is 2.19. The molecule has 1 N–H and O–H groups in total. The zero-order chi connectivity index (χ0) is 13.1. The average molecular weight is 253 g/mol. The molecule has 1 fully saturated rings. The molecule has 0 aliphatic heterocycles. The molecule has 1 saturated carbocycles. The molecule has 1 aromatic carbocycles. The predicted octanol–water partition coefficient (Wildman–Crippen LogP) is 2.35.